The molecule has 0 amide bonds. The van der Waals surface area contributed by atoms with Crippen LogP contribution in [0.5, 0.6) is 0 Å². The van der Waals surface area contributed by atoms with Crippen molar-refractivity contribution in [2.45, 2.75) is 18.9 Å². The Kier molecular flexibility index (Phi) is 4.62. The van der Waals surface area contributed by atoms with Gasteiger partial charge in [0.05, 0.1) is 18.2 Å². The van der Waals surface area contributed by atoms with E-state index < -0.39 is 0 Å². The van der Waals surface area contributed by atoms with Gasteiger partial charge in [-0.25, -0.2) is 9.37 Å². The number of halogens is 1. The first-order valence-electron chi connectivity index (χ1n) is 7.31. The number of hydrogen-bond acceptors (Lipinski definition) is 4. The first-order valence-corrected chi connectivity index (χ1v) is 7.31. The predicted molar refractivity (Wildman–Crippen MR) is 80.0 cm³/mol. The lowest BCUT2D eigenvalue weighted by Crippen LogP contribution is -2.15. The first kappa shape index (κ1) is 14.2. The number of benzene rings is 1. The van der Waals surface area contributed by atoms with Gasteiger partial charge in [-0.05, 0) is 37.1 Å². The molecule has 0 aliphatic carbocycles. The molecule has 4 nitrogen and oxygen atoms in total. The predicted octanol–water partition coefficient (Wildman–Crippen LogP) is 2.98. The second kappa shape index (κ2) is 6.83. The van der Waals surface area contributed by atoms with Crippen molar-refractivity contribution in [1.82, 2.24) is 4.98 Å². The fourth-order valence-corrected chi connectivity index (χ4v) is 2.37. The van der Waals surface area contributed by atoms with Crippen molar-refractivity contribution in [3.63, 3.8) is 0 Å². The molecule has 0 radical (unpaired) electrons. The summed E-state index contributed by atoms with van der Waals surface area (Å²) in [4.78, 5) is 4.40. The normalized spacial score (nSPS) is 18.2. The highest BCUT2D eigenvalue weighted by atomic mass is 19.1. The molecule has 1 fully saturated rings. The Hall–Kier alpha value is -1.72. The van der Waals surface area contributed by atoms with E-state index in [2.05, 4.69) is 10.3 Å². The highest BCUT2D eigenvalue weighted by Crippen LogP contribution is 2.16. The minimum absolute atomic E-state index is 0.256. The molecular formula is C16H19FN2O2. The average molecular weight is 290 g/mol. The summed E-state index contributed by atoms with van der Waals surface area (Å²) < 4.78 is 24.1. The van der Waals surface area contributed by atoms with Crippen molar-refractivity contribution in [3.05, 3.63) is 36.1 Å². The molecule has 0 spiro atoms. The fourth-order valence-electron chi connectivity index (χ4n) is 2.37. The molecule has 1 unspecified atom stereocenters. The van der Waals surface area contributed by atoms with Crippen molar-refractivity contribution < 1.29 is 13.9 Å². The Morgan fingerprint density at radius 3 is 3.10 bits per heavy atom. The molecule has 0 saturated carbocycles. The highest BCUT2D eigenvalue weighted by molar-refractivity contribution is 5.80. The Labute approximate surface area is 123 Å². The summed E-state index contributed by atoms with van der Waals surface area (Å²) in [5, 5.41) is 4.17. The van der Waals surface area contributed by atoms with E-state index in [1.807, 2.05) is 12.1 Å². The van der Waals surface area contributed by atoms with Crippen LogP contribution in [0, 0.1) is 5.82 Å². The van der Waals surface area contributed by atoms with Gasteiger partial charge in [-0.1, -0.05) is 0 Å². The number of nitrogens with one attached hydrogen (secondary N) is 1. The van der Waals surface area contributed by atoms with Crippen LogP contribution in [0.15, 0.2) is 30.3 Å². The van der Waals surface area contributed by atoms with Gasteiger partial charge in [-0.15, -0.1) is 0 Å². The zero-order chi connectivity index (χ0) is 14.5. The SMILES string of the molecule is Fc1ccc2ccc(NCCCOC3CCOC3)nc2c1. The molecule has 1 saturated heterocycles. The summed E-state index contributed by atoms with van der Waals surface area (Å²) in [5.41, 5.74) is 0.666. The van der Waals surface area contributed by atoms with Gasteiger partial charge >= 0.3 is 0 Å². The van der Waals surface area contributed by atoms with Gasteiger partial charge in [0.25, 0.3) is 0 Å². The maximum Gasteiger partial charge on any atom is 0.126 e. The summed E-state index contributed by atoms with van der Waals surface area (Å²) in [5.74, 6) is 0.497. The van der Waals surface area contributed by atoms with Crippen LogP contribution < -0.4 is 5.32 Å². The van der Waals surface area contributed by atoms with Gasteiger partial charge in [0.15, 0.2) is 0 Å². The number of ether oxygens (including phenoxy) is 2. The van der Waals surface area contributed by atoms with Crippen LogP contribution in [-0.4, -0.2) is 37.5 Å². The number of anilines is 1. The third kappa shape index (κ3) is 3.89. The van der Waals surface area contributed by atoms with E-state index >= 15 is 0 Å². The molecule has 1 aliphatic heterocycles. The number of fused-ring (bicyclic) bond motifs is 1. The van der Waals surface area contributed by atoms with Gasteiger partial charge in [-0.2, -0.15) is 0 Å². The van der Waals surface area contributed by atoms with Gasteiger partial charge in [-0.3, -0.25) is 0 Å². The summed E-state index contributed by atoms with van der Waals surface area (Å²) in [6.07, 6.45) is 2.15. The molecular weight excluding hydrogens is 271 g/mol. The van der Waals surface area contributed by atoms with E-state index in [0.29, 0.717) is 18.7 Å². The molecule has 1 N–H and O–H groups in total. The van der Waals surface area contributed by atoms with Crippen molar-refractivity contribution >= 4 is 16.7 Å². The number of rotatable bonds is 6. The van der Waals surface area contributed by atoms with Crippen LogP contribution in [0.2, 0.25) is 0 Å². The number of nitrogens with zero attached hydrogens (tertiary/aromatic N) is 1. The molecule has 2 heterocycles. The lowest BCUT2D eigenvalue weighted by atomic mass is 10.2. The quantitative estimate of drug-likeness (QED) is 0.831. The van der Waals surface area contributed by atoms with E-state index in [9.17, 15) is 4.39 Å². The molecule has 2 aromatic rings. The summed E-state index contributed by atoms with van der Waals surface area (Å²) in [6, 6.07) is 8.48. The average Bonchev–Trinajstić information content (AvgIpc) is 3.00. The van der Waals surface area contributed by atoms with Crippen LogP contribution in [0.25, 0.3) is 10.9 Å². The maximum absolute atomic E-state index is 13.2. The second-order valence-electron chi connectivity index (χ2n) is 5.17. The summed E-state index contributed by atoms with van der Waals surface area (Å²) >= 11 is 0. The molecule has 5 heteroatoms. The summed E-state index contributed by atoms with van der Waals surface area (Å²) in [6.45, 7) is 3.01. The lowest BCUT2D eigenvalue weighted by molar-refractivity contribution is 0.0427. The Bertz CT molecular complexity index is 600. The zero-order valence-corrected chi connectivity index (χ0v) is 11.8. The van der Waals surface area contributed by atoms with E-state index in [1.165, 1.54) is 12.1 Å². The molecule has 1 aromatic heterocycles. The molecule has 1 aromatic carbocycles. The smallest absolute Gasteiger partial charge is 0.126 e. The molecule has 1 atom stereocenters. The number of pyridine rings is 1. The van der Waals surface area contributed by atoms with Gasteiger partial charge in [0.1, 0.15) is 11.6 Å². The number of hydrogen-bond donors (Lipinski definition) is 1. The Morgan fingerprint density at radius 1 is 1.33 bits per heavy atom. The van der Waals surface area contributed by atoms with E-state index in [-0.39, 0.29) is 11.9 Å². The minimum Gasteiger partial charge on any atom is -0.379 e. The van der Waals surface area contributed by atoms with Crippen molar-refractivity contribution in [1.29, 1.82) is 0 Å². The van der Waals surface area contributed by atoms with Crippen LogP contribution >= 0.6 is 0 Å². The molecule has 21 heavy (non-hydrogen) atoms. The van der Waals surface area contributed by atoms with Crippen LogP contribution in [0.4, 0.5) is 10.2 Å². The highest BCUT2D eigenvalue weighted by Gasteiger charge is 2.15. The van der Waals surface area contributed by atoms with E-state index in [4.69, 9.17) is 9.47 Å². The van der Waals surface area contributed by atoms with Crippen LogP contribution in [-0.2, 0) is 9.47 Å². The maximum atomic E-state index is 13.2. The Balaban J connectivity index is 1.46. The third-order valence-electron chi connectivity index (χ3n) is 3.52. The first-order chi connectivity index (χ1) is 10.3. The van der Waals surface area contributed by atoms with Crippen LogP contribution in [0.3, 0.4) is 0 Å². The van der Waals surface area contributed by atoms with Crippen molar-refractivity contribution in [2.24, 2.45) is 0 Å². The molecule has 3 rings (SSSR count). The molecule has 1 aliphatic rings. The Morgan fingerprint density at radius 2 is 2.24 bits per heavy atom. The lowest BCUT2D eigenvalue weighted by Gasteiger charge is -2.10. The monoisotopic (exact) mass is 290 g/mol. The van der Waals surface area contributed by atoms with Gasteiger partial charge < -0.3 is 14.8 Å². The number of aromatic nitrogens is 1. The standard InChI is InChI=1S/C16H19FN2O2/c17-13-4-2-12-3-5-16(19-15(12)10-13)18-7-1-8-21-14-6-9-20-11-14/h2-5,10,14H,1,6-9,11H2,(H,18,19). The van der Waals surface area contributed by atoms with Crippen molar-refractivity contribution in [2.75, 3.05) is 31.7 Å². The zero-order valence-electron chi connectivity index (χ0n) is 11.8. The van der Waals surface area contributed by atoms with Gasteiger partial charge in [0, 0.05) is 31.2 Å². The second-order valence-corrected chi connectivity index (χ2v) is 5.17. The van der Waals surface area contributed by atoms with E-state index in [1.54, 1.807) is 6.07 Å². The fraction of sp³-hybridized carbons (Fsp3) is 0.438. The topological polar surface area (TPSA) is 43.4 Å². The summed E-state index contributed by atoms with van der Waals surface area (Å²) in [7, 11) is 0. The molecule has 0 bridgehead atoms. The van der Waals surface area contributed by atoms with Crippen LogP contribution in [0.1, 0.15) is 12.8 Å². The molecule has 112 valence electrons. The van der Waals surface area contributed by atoms with E-state index in [0.717, 1.165) is 37.2 Å². The minimum atomic E-state index is -0.265. The third-order valence-corrected chi connectivity index (χ3v) is 3.52. The van der Waals surface area contributed by atoms with Crippen molar-refractivity contribution in [3.8, 4) is 0 Å². The largest absolute Gasteiger partial charge is 0.379 e. The van der Waals surface area contributed by atoms with Gasteiger partial charge in [0.2, 0.25) is 0 Å².